The van der Waals surface area contributed by atoms with E-state index >= 15 is 0 Å². The van der Waals surface area contributed by atoms with Crippen LogP contribution in [0.15, 0.2) is 42.5 Å². The van der Waals surface area contributed by atoms with E-state index < -0.39 is 24.0 Å². The molecule has 0 saturated heterocycles. The number of carbonyl (C=O) groups excluding carboxylic acids is 1. The molecule has 1 N–H and O–H groups in total. The van der Waals surface area contributed by atoms with E-state index in [2.05, 4.69) is 10.1 Å². The Labute approximate surface area is 152 Å². The van der Waals surface area contributed by atoms with E-state index in [1.54, 1.807) is 6.07 Å². The molecular formula is C17H16F2N2O6. The maximum absolute atomic E-state index is 12.3. The quantitative estimate of drug-likeness (QED) is 0.529. The van der Waals surface area contributed by atoms with Crippen LogP contribution in [0.3, 0.4) is 0 Å². The number of hydrogen-bond acceptors (Lipinski definition) is 6. The third kappa shape index (κ3) is 5.80. The van der Waals surface area contributed by atoms with E-state index in [9.17, 15) is 23.7 Å². The van der Waals surface area contributed by atoms with Gasteiger partial charge in [0.1, 0.15) is 0 Å². The van der Waals surface area contributed by atoms with Gasteiger partial charge in [-0.15, -0.1) is 0 Å². The number of halogens is 2. The van der Waals surface area contributed by atoms with Crippen LogP contribution in [0.5, 0.6) is 17.2 Å². The SMILES string of the molecule is COc1cc(CNC(=O)COc2ccccc2[N+](=O)[O-])ccc1OC(F)F. The third-order valence-corrected chi connectivity index (χ3v) is 3.35. The van der Waals surface area contributed by atoms with Crippen molar-refractivity contribution in [2.24, 2.45) is 0 Å². The predicted molar refractivity (Wildman–Crippen MR) is 90.1 cm³/mol. The van der Waals surface area contributed by atoms with Crippen LogP contribution in [0, 0.1) is 10.1 Å². The standard InChI is InChI=1S/C17H16F2N2O6/c1-25-15-8-11(6-7-14(15)27-17(18)19)9-20-16(22)10-26-13-5-3-2-4-12(13)21(23)24/h2-8,17H,9-10H2,1H3,(H,20,22). The highest BCUT2D eigenvalue weighted by molar-refractivity contribution is 5.77. The first-order chi connectivity index (χ1) is 12.9. The highest BCUT2D eigenvalue weighted by atomic mass is 19.3. The number of rotatable bonds is 9. The van der Waals surface area contributed by atoms with Crippen molar-refractivity contribution in [1.29, 1.82) is 0 Å². The molecule has 0 fully saturated rings. The second-order valence-electron chi connectivity index (χ2n) is 5.15. The van der Waals surface area contributed by atoms with Crippen LogP contribution in [0.1, 0.15) is 5.56 Å². The van der Waals surface area contributed by atoms with Crippen LogP contribution in [0.25, 0.3) is 0 Å². The van der Waals surface area contributed by atoms with Crippen molar-refractivity contribution < 1.29 is 32.7 Å². The second kappa shape index (κ2) is 9.32. The third-order valence-electron chi connectivity index (χ3n) is 3.35. The summed E-state index contributed by atoms with van der Waals surface area (Å²) in [4.78, 5) is 22.2. The Morgan fingerprint density at radius 2 is 1.93 bits per heavy atom. The van der Waals surface area contributed by atoms with Crippen LogP contribution in [-0.4, -0.2) is 31.2 Å². The van der Waals surface area contributed by atoms with Gasteiger partial charge in [0.25, 0.3) is 5.91 Å². The Hall–Kier alpha value is -3.43. The first-order valence-electron chi connectivity index (χ1n) is 7.65. The largest absolute Gasteiger partial charge is 0.493 e. The summed E-state index contributed by atoms with van der Waals surface area (Å²) in [6, 6.07) is 9.93. The minimum atomic E-state index is -2.98. The normalized spacial score (nSPS) is 10.4. The second-order valence-corrected chi connectivity index (χ2v) is 5.15. The first-order valence-corrected chi connectivity index (χ1v) is 7.65. The number of nitrogens with one attached hydrogen (secondary N) is 1. The molecule has 0 bridgehead atoms. The van der Waals surface area contributed by atoms with Gasteiger partial charge in [0.2, 0.25) is 0 Å². The summed E-state index contributed by atoms with van der Waals surface area (Å²) in [6.45, 7) is -3.33. The molecule has 0 heterocycles. The average Bonchev–Trinajstić information content (AvgIpc) is 2.65. The molecule has 0 radical (unpaired) electrons. The number of amides is 1. The van der Waals surface area contributed by atoms with Crippen molar-refractivity contribution >= 4 is 11.6 Å². The molecule has 0 aromatic heterocycles. The zero-order valence-corrected chi connectivity index (χ0v) is 14.2. The Morgan fingerprint density at radius 1 is 1.19 bits per heavy atom. The van der Waals surface area contributed by atoms with Crippen LogP contribution in [0.4, 0.5) is 14.5 Å². The molecule has 0 saturated carbocycles. The van der Waals surface area contributed by atoms with Crippen molar-refractivity contribution in [3.05, 3.63) is 58.1 Å². The lowest BCUT2D eigenvalue weighted by Crippen LogP contribution is -2.28. The van der Waals surface area contributed by atoms with Gasteiger partial charge < -0.3 is 19.5 Å². The van der Waals surface area contributed by atoms with Crippen LogP contribution < -0.4 is 19.5 Å². The van der Waals surface area contributed by atoms with E-state index in [-0.39, 0.29) is 29.5 Å². The number of alkyl halides is 2. The molecule has 27 heavy (non-hydrogen) atoms. The van der Waals surface area contributed by atoms with Crippen LogP contribution in [-0.2, 0) is 11.3 Å². The molecule has 1 amide bonds. The summed E-state index contributed by atoms with van der Waals surface area (Å²) < 4.78 is 39.1. The maximum atomic E-state index is 12.3. The van der Waals surface area contributed by atoms with Crippen LogP contribution in [0.2, 0.25) is 0 Å². The smallest absolute Gasteiger partial charge is 0.387 e. The Morgan fingerprint density at radius 3 is 2.59 bits per heavy atom. The number of nitro benzene ring substituents is 1. The monoisotopic (exact) mass is 382 g/mol. The number of nitrogens with zero attached hydrogens (tertiary/aromatic N) is 1. The minimum Gasteiger partial charge on any atom is -0.493 e. The van der Waals surface area contributed by atoms with Gasteiger partial charge >= 0.3 is 12.3 Å². The van der Waals surface area contributed by atoms with Gasteiger partial charge in [-0.1, -0.05) is 18.2 Å². The first kappa shape index (κ1) is 19.9. The molecule has 0 aliphatic rings. The van der Waals surface area contributed by atoms with Crippen molar-refractivity contribution in [3.8, 4) is 17.2 Å². The number of hydrogen-bond donors (Lipinski definition) is 1. The zero-order chi connectivity index (χ0) is 19.8. The number of carbonyl (C=O) groups is 1. The zero-order valence-electron chi connectivity index (χ0n) is 14.2. The fourth-order valence-electron chi connectivity index (χ4n) is 2.14. The average molecular weight is 382 g/mol. The highest BCUT2D eigenvalue weighted by Gasteiger charge is 2.15. The number of nitro groups is 1. The molecule has 0 aliphatic carbocycles. The lowest BCUT2D eigenvalue weighted by molar-refractivity contribution is -0.385. The number of para-hydroxylation sites is 2. The van der Waals surface area contributed by atoms with E-state index in [0.29, 0.717) is 5.56 Å². The van der Waals surface area contributed by atoms with Gasteiger partial charge in [-0.25, -0.2) is 0 Å². The minimum absolute atomic E-state index is 0.0205. The fourth-order valence-corrected chi connectivity index (χ4v) is 2.14. The van der Waals surface area contributed by atoms with E-state index in [4.69, 9.17) is 9.47 Å². The summed E-state index contributed by atoms with van der Waals surface area (Å²) in [5, 5.41) is 13.4. The summed E-state index contributed by atoms with van der Waals surface area (Å²) in [5.74, 6) is -0.562. The lowest BCUT2D eigenvalue weighted by atomic mass is 10.2. The lowest BCUT2D eigenvalue weighted by Gasteiger charge is -2.12. The number of ether oxygens (including phenoxy) is 3. The molecule has 8 nitrogen and oxygen atoms in total. The molecule has 144 valence electrons. The Bertz CT molecular complexity index is 816. The Kier molecular flexibility index (Phi) is 6.86. The summed E-state index contributed by atoms with van der Waals surface area (Å²) >= 11 is 0. The van der Waals surface area contributed by atoms with Gasteiger partial charge in [0.15, 0.2) is 23.9 Å². The summed E-state index contributed by atoms with van der Waals surface area (Å²) in [6.07, 6.45) is 0. The van der Waals surface area contributed by atoms with Crippen molar-refractivity contribution in [3.63, 3.8) is 0 Å². The molecule has 2 rings (SSSR count). The molecule has 2 aromatic carbocycles. The molecule has 0 unspecified atom stereocenters. The van der Waals surface area contributed by atoms with E-state index in [1.165, 1.54) is 43.5 Å². The molecule has 0 aliphatic heterocycles. The van der Waals surface area contributed by atoms with Crippen molar-refractivity contribution in [2.75, 3.05) is 13.7 Å². The van der Waals surface area contributed by atoms with Gasteiger partial charge in [-0.2, -0.15) is 8.78 Å². The molecule has 10 heteroatoms. The highest BCUT2D eigenvalue weighted by Crippen LogP contribution is 2.29. The summed E-state index contributed by atoms with van der Waals surface area (Å²) in [5.41, 5.74) is 0.331. The number of methoxy groups -OCH3 is 1. The topological polar surface area (TPSA) is 99.9 Å². The molecular weight excluding hydrogens is 366 g/mol. The molecule has 0 spiro atoms. The molecule has 2 aromatic rings. The van der Waals surface area contributed by atoms with Crippen LogP contribution >= 0.6 is 0 Å². The fraction of sp³-hybridized carbons (Fsp3) is 0.235. The Balaban J connectivity index is 1.91. The predicted octanol–water partition coefficient (Wildman–Crippen LogP) is 2.90. The maximum Gasteiger partial charge on any atom is 0.387 e. The molecule has 0 atom stereocenters. The number of benzene rings is 2. The van der Waals surface area contributed by atoms with E-state index in [1.807, 2.05) is 0 Å². The van der Waals surface area contributed by atoms with Gasteiger partial charge in [0, 0.05) is 12.6 Å². The van der Waals surface area contributed by atoms with Crippen molar-refractivity contribution in [2.45, 2.75) is 13.2 Å². The summed E-state index contributed by atoms with van der Waals surface area (Å²) in [7, 11) is 1.30. The van der Waals surface area contributed by atoms with Gasteiger partial charge in [0.05, 0.1) is 12.0 Å². The van der Waals surface area contributed by atoms with E-state index in [0.717, 1.165) is 0 Å². The van der Waals surface area contributed by atoms with Gasteiger partial charge in [-0.3, -0.25) is 14.9 Å². The van der Waals surface area contributed by atoms with Gasteiger partial charge in [-0.05, 0) is 23.8 Å². The van der Waals surface area contributed by atoms with Crippen molar-refractivity contribution in [1.82, 2.24) is 5.32 Å².